The number of pyridine rings is 1. The van der Waals surface area contributed by atoms with Crippen LogP contribution in [0, 0.1) is 6.92 Å². The number of aryl methyl sites for hydroxylation is 1. The lowest BCUT2D eigenvalue weighted by molar-refractivity contribution is 0.230. The van der Waals surface area contributed by atoms with Crippen molar-refractivity contribution in [2.24, 2.45) is 0 Å². The Labute approximate surface area is 136 Å². The number of hydrogen-bond donors (Lipinski definition) is 1. The van der Waals surface area contributed by atoms with E-state index in [0.29, 0.717) is 0 Å². The van der Waals surface area contributed by atoms with Gasteiger partial charge in [-0.3, -0.25) is 14.1 Å². The zero-order valence-corrected chi connectivity index (χ0v) is 13.5. The zero-order chi connectivity index (χ0) is 13.2. The van der Waals surface area contributed by atoms with Crippen molar-refractivity contribution >= 4 is 30.5 Å². The van der Waals surface area contributed by atoms with Crippen molar-refractivity contribution in [3.05, 3.63) is 46.0 Å². The topological polar surface area (TPSA) is 49.6 Å². The molecular formula is C14H20Cl2N4O. The highest BCUT2D eigenvalue weighted by atomic mass is 35.5. The molecule has 2 aromatic rings. The third kappa shape index (κ3) is 3.95. The van der Waals surface area contributed by atoms with Crippen LogP contribution in [0.3, 0.4) is 0 Å². The average Bonchev–Trinajstić information content (AvgIpc) is 2.41. The summed E-state index contributed by atoms with van der Waals surface area (Å²) in [5.74, 6) is 0. The Kier molecular flexibility index (Phi) is 6.61. The normalized spacial score (nSPS) is 15.3. The molecule has 1 aliphatic heterocycles. The lowest BCUT2D eigenvalue weighted by atomic mass is 10.2. The Morgan fingerprint density at radius 1 is 1.29 bits per heavy atom. The van der Waals surface area contributed by atoms with Crippen molar-refractivity contribution in [3.8, 4) is 0 Å². The predicted molar refractivity (Wildman–Crippen MR) is 88.8 cm³/mol. The molecule has 1 N–H and O–H groups in total. The van der Waals surface area contributed by atoms with Gasteiger partial charge < -0.3 is 5.32 Å². The van der Waals surface area contributed by atoms with Gasteiger partial charge in [-0.2, -0.15) is 0 Å². The molecule has 0 aromatic carbocycles. The highest BCUT2D eigenvalue weighted by Gasteiger charge is 2.12. The smallest absolute Gasteiger partial charge is 0.258 e. The van der Waals surface area contributed by atoms with Crippen molar-refractivity contribution < 1.29 is 0 Å². The van der Waals surface area contributed by atoms with Crippen LogP contribution in [-0.4, -0.2) is 40.5 Å². The maximum Gasteiger partial charge on any atom is 0.258 e. The van der Waals surface area contributed by atoms with Crippen LogP contribution in [0.25, 0.3) is 5.65 Å². The van der Waals surface area contributed by atoms with Crippen LogP contribution in [0.4, 0.5) is 0 Å². The standard InChI is InChI=1S/C14H18N4O.2ClH/c1-11-3-2-6-18-13(19)9-12(16-14(11)18)10-17-7-4-15-5-8-17;;/h2-3,6,9,15H,4-5,7-8,10H2,1H3;2*1H. The van der Waals surface area contributed by atoms with E-state index in [4.69, 9.17) is 0 Å². The molecule has 0 unspecified atom stereocenters. The first-order valence-corrected chi connectivity index (χ1v) is 6.65. The molecule has 0 spiro atoms. The van der Waals surface area contributed by atoms with E-state index >= 15 is 0 Å². The van der Waals surface area contributed by atoms with Crippen LogP contribution >= 0.6 is 24.8 Å². The van der Waals surface area contributed by atoms with Gasteiger partial charge in [0.15, 0.2) is 0 Å². The highest BCUT2D eigenvalue weighted by molar-refractivity contribution is 5.85. The molecule has 3 rings (SSSR count). The Bertz CT molecular complexity index is 653. The molecule has 0 aliphatic carbocycles. The van der Waals surface area contributed by atoms with Gasteiger partial charge in [0, 0.05) is 45.0 Å². The molecule has 2 aromatic heterocycles. The molecule has 1 saturated heterocycles. The van der Waals surface area contributed by atoms with E-state index in [-0.39, 0.29) is 30.4 Å². The summed E-state index contributed by atoms with van der Waals surface area (Å²) < 4.78 is 1.61. The van der Waals surface area contributed by atoms with Crippen molar-refractivity contribution in [1.29, 1.82) is 0 Å². The molecule has 21 heavy (non-hydrogen) atoms. The Morgan fingerprint density at radius 3 is 2.71 bits per heavy atom. The maximum absolute atomic E-state index is 12.1. The minimum absolute atomic E-state index is 0. The maximum atomic E-state index is 12.1. The lowest BCUT2D eigenvalue weighted by Crippen LogP contribution is -2.43. The van der Waals surface area contributed by atoms with Gasteiger partial charge in [-0.1, -0.05) is 6.07 Å². The third-order valence-electron chi connectivity index (χ3n) is 3.53. The van der Waals surface area contributed by atoms with Crippen LogP contribution in [0.1, 0.15) is 11.3 Å². The van der Waals surface area contributed by atoms with E-state index in [9.17, 15) is 4.79 Å². The molecule has 1 fully saturated rings. The van der Waals surface area contributed by atoms with Gasteiger partial charge in [0.2, 0.25) is 0 Å². The van der Waals surface area contributed by atoms with Crippen molar-refractivity contribution in [2.75, 3.05) is 26.2 Å². The van der Waals surface area contributed by atoms with Crippen LogP contribution in [0.15, 0.2) is 29.2 Å². The first-order valence-electron chi connectivity index (χ1n) is 6.65. The van der Waals surface area contributed by atoms with Gasteiger partial charge in [0.05, 0.1) is 5.69 Å². The van der Waals surface area contributed by atoms with E-state index in [2.05, 4.69) is 15.2 Å². The first kappa shape index (κ1) is 17.9. The fraction of sp³-hybridized carbons (Fsp3) is 0.429. The van der Waals surface area contributed by atoms with Crippen molar-refractivity contribution in [3.63, 3.8) is 0 Å². The second-order valence-electron chi connectivity index (χ2n) is 5.00. The first-order chi connectivity index (χ1) is 9.24. The fourth-order valence-corrected chi connectivity index (χ4v) is 2.49. The SMILES string of the molecule is Cc1cccn2c(=O)cc(CN3CCNCC3)nc12.Cl.Cl. The second-order valence-corrected chi connectivity index (χ2v) is 5.00. The fourth-order valence-electron chi connectivity index (χ4n) is 2.49. The van der Waals surface area contributed by atoms with E-state index < -0.39 is 0 Å². The Morgan fingerprint density at radius 2 is 2.00 bits per heavy atom. The van der Waals surface area contributed by atoms with Gasteiger partial charge >= 0.3 is 0 Å². The number of nitrogens with zero attached hydrogens (tertiary/aromatic N) is 3. The number of fused-ring (bicyclic) bond motifs is 1. The van der Waals surface area contributed by atoms with E-state index in [1.54, 1.807) is 16.7 Å². The Hall–Kier alpha value is -1.14. The van der Waals surface area contributed by atoms with Gasteiger partial charge in [0.1, 0.15) is 5.65 Å². The summed E-state index contributed by atoms with van der Waals surface area (Å²) in [4.78, 5) is 19.0. The second kappa shape index (κ2) is 7.75. The van der Waals surface area contributed by atoms with Gasteiger partial charge in [0.25, 0.3) is 5.56 Å². The van der Waals surface area contributed by atoms with Crippen molar-refractivity contribution in [1.82, 2.24) is 19.6 Å². The van der Waals surface area contributed by atoms with Gasteiger partial charge in [-0.25, -0.2) is 4.98 Å². The summed E-state index contributed by atoms with van der Waals surface area (Å²) in [6.45, 7) is 6.76. The summed E-state index contributed by atoms with van der Waals surface area (Å²) in [5, 5.41) is 3.32. The molecule has 7 heteroatoms. The summed E-state index contributed by atoms with van der Waals surface area (Å²) in [6, 6.07) is 5.51. The van der Waals surface area contributed by atoms with Gasteiger partial charge in [-0.05, 0) is 18.6 Å². The predicted octanol–water partition coefficient (Wildman–Crippen LogP) is 1.25. The van der Waals surface area contributed by atoms with Gasteiger partial charge in [-0.15, -0.1) is 24.8 Å². The molecule has 1 aliphatic rings. The highest BCUT2D eigenvalue weighted by Crippen LogP contribution is 2.07. The molecule has 0 radical (unpaired) electrons. The van der Waals surface area contributed by atoms with E-state index in [1.807, 2.05) is 19.1 Å². The summed E-state index contributed by atoms with van der Waals surface area (Å²) in [6.07, 6.45) is 1.77. The van der Waals surface area contributed by atoms with E-state index in [1.165, 1.54) is 0 Å². The molecule has 0 atom stereocenters. The van der Waals surface area contributed by atoms with Crippen LogP contribution in [0.5, 0.6) is 0 Å². The minimum Gasteiger partial charge on any atom is -0.314 e. The third-order valence-corrected chi connectivity index (χ3v) is 3.53. The monoisotopic (exact) mass is 330 g/mol. The lowest BCUT2D eigenvalue weighted by Gasteiger charge is -2.26. The summed E-state index contributed by atoms with van der Waals surface area (Å²) in [7, 11) is 0. The number of nitrogens with one attached hydrogen (secondary N) is 1. The molecule has 5 nitrogen and oxygen atoms in total. The van der Waals surface area contributed by atoms with Crippen LogP contribution in [0.2, 0.25) is 0 Å². The van der Waals surface area contributed by atoms with Crippen molar-refractivity contribution in [2.45, 2.75) is 13.5 Å². The number of rotatable bonds is 2. The molecule has 3 heterocycles. The largest absolute Gasteiger partial charge is 0.314 e. The van der Waals surface area contributed by atoms with E-state index in [0.717, 1.165) is 49.6 Å². The quantitative estimate of drug-likeness (QED) is 0.900. The molecule has 0 saturated carbocycles. The zero-order valence-electron chi connectivity index (χ0n) is 11.9. The number of piperazine rings is 1. The molecular weight excluding hydrogens is 311 g/mol. The summed E-state index contributed by atoms with van der Waals surface area (Å²) >= 11 is 0. The number of aromatic nitrogens is 2. The molecule has 116 valence electrons. The van der Waals surface area contributed by atoms with Crippen LogP contribution in [-0.2, 0) is 6.54 Å². The average molecular weight is 331 g/mol. The van der Waals surface area contributed by atoms with Crippen LogP contribution < -0.4 is 10.9 Å². The Balaban J connectivity index is 0.00000110. The minimum atomic E-state index is -0.00108. The number of halogens is 2. The molecule has 0 amide bonds. The number of hydrogen-bond acceptors (Lipinski definition) is 4. The molecule has 0 bridgehead atoms. The summed E-state index contributed by atoms with van der Waals surface area (Å²) in [5.41, 5.74) is 2.65.